The van der Waals surface area contributed by atoms with Gasteiger partial charge in [-0.2, -0.15) is 13.2 Å². The predicted octanol–water partition coefficient (Wildman–Crippen LogP) is 1.64. The Labute approximate surface area is 106 Å². The Morgan fingerprint density at radius 2 is 1.89 bits per heavy atom. The van der Waals surface area contributed by atoms with Crippen molar-refractivity contribution in [3.8, 4) is 0 Å². The Bertz CT molecular complexity index is 271. The summed E-state index contributed by atoms with van der Waals surface area (Å²) in [6.07, 6.45) is -2.48. The number of rotatable bonds is 4. The molecule has 0 aromatic rings. The number of hydrogen-bond acceptors (Lipinski definition) is 3. The average Bonchev–Trinajstić information content (AvgIpc) is 2.23. The molecule has 0 spiro atoms. The zero-order chi connectivity index (χ0) is 13.2. The smallest absolute Gasteiger partial charge is 0.380 e. The molecular weight excluding hydrogens is 245 g/mol. The van der Waals surface area contributed by atoms with Crippen molar-refractivity contribution in [2.75, 3.05) is 39.4 Å². The summed E-state index contributed by atoms with van der Waals surface area (Å²) in [4.78, 5) is 1.49. The van der Waals surface area contributed by atoms with E-state index in [0.717, 1.165) is 32.6 Å². The first-order valence-corrected chi connectivity index (χ1v) is 6.47. The van der Waals surface area contributed by atoms with Gasteiger partial charge in [-0.1, -0.05) is 6.92 Å². The Hall–Kier alpha value is -0.330. The van der Waals surface area contributed by atoms with Gasteiger partial charge < -0.3 is 10.1 Å². The van der Waals surface area contributed by atoms with Crippen LogP contribution in [0.5, 0.6) is 0 Å². The lowest BCUT2D eigenvalue weighted by Crippen LogP contribution is -2.52. The molecule has 6 heteroatoms. The third-order valence-electron chi connectivity index (χ3n) is 3.71. The van der Waals surface area contributed by atoms with E-state index in [1.54, 1.807) is 0 Å². The summed E-state index contributed by atoms with van der Waals surface area (Å²) in [7, 11) is 0. The minimum Gasteiger partial charge on any atom is -0.380 e. The molecule has 2 rings (SSSR count). The van der Waals surface area contributed by atoms with E-state index in [1.807, 2.05) is 0 Å². The number of hydrogen-bond donors (Lipinski definition) is 1. The molecule has 0 bridgehead atoms. The molecule has 0 saturated carbocycles. The normalized spacial score (nSPS) is 26.0. The molecule has 18 heavy (non-hydrogen) atoms. The van der Waals surface area contributed by atoms with Gasteiger partial charge in [-0.25, -0.2) is 0 Å². The molecule has 0 unspecified atom stereocenters. The number of nitrogens with zero attached hydrogens (tertiary/aromatic N) is 1. The van der Waals surface area contributed by atoms with Gasteiger partial charge in [0.15, 0.2) is 0 Å². The van der Waals surface area contributed by atoms with Crippen molar-refractivity contribution in [3.63, 3.8) is 0 Å². The molecule has 0 aliphatic carbocycles. The van der Waals surface area contributed by atoms with Crippen molar-refractivity contribution in [2.24, 2.45) is 5.41 Å². The van der Waals surface area contributed by atoms with Gasteiger partial charge in [0.2, 0.25) is 0 Å². The van der Waals surface area contributed by atoms with Crippen LogP contribution in [0.3, 0.4) is 0 Å². The molecule has 2 saturated heterocycles. The monoisotopic (exact) mass is 266 g/mol. The van der Waals surface area contributed by atoms with Gasteiger partial charge >= 0.3 is 6.18 Å². The minimum atomic E-state index is -4.07. The van der Waals surface area contributed by atoms with Crippen molar-refractivity contribution in [3.05, 3.63) is 0 Å². The number of halogens is 3. The van der Waals surface area contributed by atoms with Crippen LogP contribution in [0.4, 0.5) is 13.2 Å². The van der Waals surface area contributed by atoms with E-state index in [1.165, 1.54) is 4.90 Å². The lowest BCUT2D eigenvalue weighted by atomic mass is 9.88. The fraction of sp³-hybridized carbons (Fsp3) is 1.00. The van der Waals surface area contributed by atoms with Crippen molar-refractivity contribution in [2.45, 2.75) is 32.0 Å². The van der Waals surface area contributed by atoms with Crippen molar-refractivity contribution in [1.29, 1.82) is 0 Å². The van der Waals surface area contributed by atoms with E-state index in [2.05, 4.69) is 12.2 Å². The molecule has 2 aliphatic rings. The van der Waals surface area contributed by atoms with Crippen LogP contribution in [-0.4, -0.2) is 56.5 Å². The molecule has 0 aromatic carbocycles. The Kier molecular flexibility index (Phi) is 4.18. The second-order valence-electron chi connectivity index (χ2n) is 5.85. The second-order valence-corrected chi connectivity index (χ2v) is 5.85. The van der Waals surface area contributed by atoms with Crippen molar-refractivity contribution < 1.29 is 17.9 Å². The molecule has 3 nitrogen and oxygen atoms in total. The van der Waals surface area contributed by atoms with Crippen molar-refractivity contribution >= 4 is 0 Å². The number of likely N-dealkylation sites (tertiary alicyclic amines) is 1. The highest BCUT2D eigenvalue weighted by molar-refractivity contribution is 4.86. The Morgan fingerprint density at radius 3 is 2.33 bits per heavy atom. The summed E-state index contributed by atoms with van der Waals surface area (Å²) in [5, 5.41) is 3.46. The highest BCUT2D eigenvalue weighted by Gasteiger charge is 2.35. The summed E-state index contributed by atoms with van der Waals surface area (Å²) in [5.41, 5.74) is 0.225. The van der Waals surface area contributed by atoms with Crippen LogP contribution >= 0.6 is 0 Å². The maximum atomic E-state index is 12.2. The maximum Gasteiger partial charge on any atom is 0.401 e. The first-order valence-electron chi connectivity index (χ1n) is 6.47. The second kappa shape index (κ2) is 5.35. The molecule has 0 radical (unpaired) electrons. The maximum absolute atomic E-state index is 12.2. The van der Waals surface area contributed by atoms with E-state index in [-0.39, 0.29) is 5.41 Å². The van der Waals surface area contributed by atoms with Crippen LogP contribution in [-0.2, 0) is 4.74 Å². The summed E-state index contributed by atoms with van der Waals surface area (Å²) in [6, 6.07) is 0.354. The quantitative estimate of drug-likeness (QED) is 0.837. The van der Waals surface area contributed by atoms with Crippen LogP contribution in [0.1, 0.15) is 19.8 Å². The molecule has 106 valence electrons. The Balaban J connectivity index is 1.64. The first kappa shape index (κ1) is 14.1. The lowest BCUT2D eigenvalue weighted by Gasteiger charge is -2.40. The molecule has 0 amide bonds. The van der Waals surface area contributed by atoms with E-state index in [0.29, 0.717) is 19.1 Å². The first-order chi connectivity index (χ1) is 8.36. The molecule has 0 atom stereocenters. The van der Waals surface area contributed by atoms with Crippen LogP contribution in [0, 0.1) is 5.41 Å². The van der Waals surface area contributed by atoms with E-state index in [4.69, 9.17) is 4.74 Å². The fourth-order valence-electron chi connectivity index (χ4n) is 2.49. The van der Waals surface area contributed by atoms with Gasteiger partial charge in [-0.3, -0.25) is 4.90 Å². The van der Waals surface area contributed by atoms with Gasteiger partial charge in [0.1, 0.15) is 0 Å². The van der Waals surface area contributed by atoms with E-state index < -0.39 is 12.7 Å². The number of ether oxygens (including phenoxy) is 1. The summed E-state index contributed by atoms with van der Waals surface area (Å²) in [5.74, 6) is 0. The summed E-state index contributed by atoms with van der Waals surface area (Å²) < 4.78 is 41.8. The van der Waals surface area contributed by atoms with Gasteiger partial charge in [0, 0.05) is 18.0 Å². The molecular formula is C12H21F3N2O. The van der Waals surface area contributed by atoms with Crippen molar-refractivity contribution in [1.82, 2.24) is 10.2 Å². The highest BCUT2D eigenvalue weighted by atomic mass is 19.4. The molecule has 2 aliphatic heterocycles. The van der Waals surface area contributed by atoms with Gasteiger partial charge in [0.05, 0.1) is 19.8 Å². The standard InChI is InChI=1S/C12H21F3N2O/c1-11(8-18-9-11)6-16-10-2-4-17(5-3-10)7-12(13,14)15/h10,16H,2-9H2,1H3. The SMILES string of the molecule is CC1(CNC2CCN(CC(F)(F)F)CC2)COC1. The van der Waals surface area contributed by atoms with Gasteiger partial charge in [-0.05, 0) is 25.9 Å². The number of piperidine rings is 1. The van der Waals surface area contributed by atoms with Crippen LogP contribution < -0.4 is 5.32 Å². The van der Waals surface area contributed by atoms with Crippen LogP contribution in [0.2, 0.25) is 0 Å². The molecule has 2 fully saturated rings. The molecule has 0 aromatic heterocycles. The van der Waals surface area contributed by atoms with Gasteiger partial charge in [-0.15, -0.1) is 0 Å². The fourth-order valence-corrected chi connectivity index (χ4v) is 2.49. The van der Waals surface area contributed by atoms with E-state index in [9.17, 15) is 13.2 Å². The lowest BCUT2D eigenvalue weighted by molar-refractivity contribution is -0.148. The van der Waals surface area contributed by atoms with E-state index >= 15 is 0 Å². The zero-order valence-electron chi connectivity index (χ0n) is 10.7. The Morgan fingerprint density at radius 1 is 1.28 bits per heavy atom. The zero-order valence-corrected chi connectivity index (χ0v) is 10.7. The third kappa shape index (κ3) is 4.10. The molecule has 2 heterocycles. The largest absolute Gasteiger partial charge is 0.401 e. The summed E-state index contributed by atoms with van der Waals surface area (Å²) >= 11 is 0. The third-order valence-corrected chi connectivity index (χ3v) is 3.71. The number of nitrogens with one attached hydrogen (secondary N) is 1. The highest BCUT2D eigenvalue weighted by Crippen LogP contribution is 2.26. The van der Waals surface area contributed by atoms with Crippen LogP contribution in [0.25, 0.3) is 0 Å². The predicted molar refractivity (Wildman–Crippen MR) is 62.4 cm³/mol. The average molecular weight is 266 g/mol. The minimum absolute atomic E-state index is 0.225. The summed E-state index contributed by atoms with van der Waals surface area (Å²) in [6.45, 7) is 4.93. The number of alkyl halides is 3. The van der Waals surface area contributed by atoms with Crippen LogP contribution in [0.15, 0.2) is 0 Å². The topological polar surface area (TPSA) is 24.5 Å². The van der Waals surface area contributed by atoms with Gasteiger partial charge in [0.25, 0.3) is 0 Å². The molecule has 1 N–H and O–H groups in total.